The van der Waals surface area contributed by atoms with E-state index in [4.69, 9.17) is 5.11 Å². The van der Waals surface area contributed by atoms with Crippen molar-refractivity contribution in [3.8, 4) is 5.75 Å². The summed E-state index contributed by atoms with van der Waals surface area (Å²) in [5.41, 5.74) is 2.04. The lowest BCUT2D eigenvalue weighted by Crippen LogP contribution is -2.44. The average Bonchev–Trinajstić information content (AvgIpc) is 2.50. The summed E-state index contributed by atoms with van der Waals surface area (Å²) in [5, 5.41) is 41.7. The minimum absolute atomic E-state index is 0.152. The molecule has 1 rings (SSSR count). The zero-order valence-corrected chi connectivity index (χ0v) is 12.7. The molecule has 1 unspecified atom stereocenters. The van der Waals surface area contributed by atoms with Crippen molar-refractivity contribution < 1.29 is 25.2 Å². The van der Waals surface area contributed by atoms with Gasteiger partial charge < -0.3 is 20.4 Å². The number of aromatic hydroxyl groups is 1. The molecule has 0 aliphatic rings. The molecule has 0 spiro atoms. The Balaban J connectivity index is 2.87. The maximum Gasteiger partial charge on any atom is 0.269 e. The standard InChI is InChI=1S/C14H21N3O5/c1-8-11(20)10(9(6-18)4-15-8)5-16-17-13(22)12(21)14(2,3)7-19/h4-5,12,18-21H,6-7H2,1-3H3,(H,17,22)/b16-5-. The summed E-state index contributed by atoms with van der Waals surface area (Å²) in [6.07, 6.45) is 1.10. The monoisotopic (exact) mass is 311 g/mol. The molecule has 22 heavy (non-hydrogen) atoms. The number of hydrogen-bond acceptors (Lipinski definition) is 7. The Bertz CT molecular complexity index is 572. The Morgan fingerprint density at radius 3 is 2.68 bits per heavy atom. The summed E-state index contributed by atoms with van der Waals surface area (Å²) in [4.78, 5) is 15.6. The fraction of sp³-hybridized carbons (Fsp3) is 0.500. The van der Waals surface area contributed by atoms with Crippen molar-refractivity contribution in [1.29, 1.82) is 0 Å². The molecule has 0 fully saturated rings. The van der Waals surface area contributed by atoms with Gasteiger partial charge in [0.15, 0.2) is 0 Å². The first-order valence-corrected chi connectivity index (χ1v) is 6.64. The van der Waals surface area contributed by atoms with Crippen LogP contribution in [0.5, 0.6) is 5.75 Å². The first kappa shape index (κ1) is 18.0. The summed E-state index contributed by atoms with van der Waals surface area (Å²) in [6.45, 7) is 3.92. The van der Waals surface area contributed by atoms with Crippen molar-refractivity contribution in [2.45, 2.75) is 33.5 Å². The number of aliphatic hydroxyl groups is 3. The molecule has 1 heterocycles. The molecular formula is C14H21N3O5. The Labute approximate surface area is 128 Å². The molecule has 0 saturated carbocycles. The zero-order chi connectivity index (χ0) is 16.9. The van der Waals surface area contributed by atoms with E-state index in [0.29, 0.717) is 11.3 Å². The van der Waals surface area contributed by atoms with Crippen LogP contribution in [-0.2, 0) is 11.4 Å². The molecule has 1 aromatic rings. The smallest absolute Gasteiger partial charge is 0.269 e. The van der Waals surface area contributed by atoms with Crippen LogP contribution in [0.1, 0.15) is 30.7 Å². The first-order valence-electron chi connectivity index (χ1n) is 6.64. The second kappa shape index (κ2) is 7.30. The van der Waals surface area contributed by atoms with E-state index in [0.717, 1.165) is 6.21 Å². The third-order valence-corrected chi connectivity index (χ3v) is 3.29. The molecule has 8 nitrogen and oxygen atoms in total. The van der Waals surface area contributed by atoms with Gasteiger partial charge in [-0.2, -0.15) is 5.10 Å². The summed E-state index contributed by atoms with van der Waals surface area (Å²) in [5.74, 6) is -0.938. The summed E-state index contributed by atoms with van der Waals surface area (Å²) >= 11 is 0. The second-order valence-corrected chi connectivity index (χ2v) is 5.57. The summed E-state index contributed by atoms with van der Waals surface area (Å²) in [6, 6.07) is 0. The Morgan fingerprint density at radius 1 is 1.50 bits per heavy atom. The number of carbonyl (C=O) groups excluding carboxylic acids is 1. The maximum atomic E-state index is 11.7. The van der Waals surface area contributed by atoms with Crippen molar-refractivity contribution in [2.75, 3.05) is 6.61 Å². The van der Waals surface area contributed by atoms with E-state index in [1.165, 1.54) is 20.0 Å². The number of pyridine rings is 1. The number of aryl methyl sites for hydroxylation is 1. The number of aromatic nitrogens is 1. The lowest BCUT2D eigenvalue weighted by atomic mass is 9.87. The zero-order valence-electron chi connectivity index (χ0n) is 12.7. The highest BCUT2D eigenvalue weighted by molar-refractivity contribution is 5.88. The van der Waals surface area contributed by atoms with Crippen LogP contribution in [0.15, 0.2) is 11.3 Å². The van der Waals surface area contributed by atoms with Crippen molar-refractivity contribution >= 4 is 12.1 Å². The summed E-state index contributed by atoms with van der Waals surface area (Å²) < 4.78 is 0. The van der Waals surface area contributed by atoms with Crippen molar-refractivity contribution in [1.82, 2.24) is 10.4 Å². The Hall–Kier alpha value is -2.03. The molecule has 0 aliphatic heterocycles. The SMILES string of the molecule is Cc1ncc(CO)c(/C=N\NC(=O)C(O)C(C)(C)CO)c1O. The molecule has 0 aliphatic carbocycles. The van der Waals surface area contributed by atoms with Crippen LogP contribution in [0.2, 0.25) is 0 Å². The molecule has 0 saturated heterocycles. The van der Waals surface area contributed by atoms with E-state index in [-0.39, 0.29) is 24.5 Å². The third kappa shape index (κ3) is 4.00. The molecule has 0 radical (unpaired) electrons. The number of aliphatic hydroxyl groups excluding tert-OH is 3. The predicted octanol–water partition coefficient (Wildman–Crippen LogP) is -0.583. The maximum absolute atomic E-state index is 11.7. The highest BCUT2D eigenvalue weighted by atomic mass is 16.3. The molecule has 1 aromatic heterocycles. The van der Waals surface area contributed by atoms with Gasteiger partial charge in [0.1, 0.15) is 11.9 Å². The minimum Gasteiger partial charge on any atom is -0.505 e. The molecule has 1 amide bonds. The van der Waals surface area contributed by atoms with Gasteiger partial charge >= 0.3 is 0 Å². The van der Waals surface area contributed by atoms with E-state index >= 15 is 0 Å². The second-order valence-electron chi connectivity index (χ2n) is 5.57. The third-order valence-electron chi connectivity index (χ3n) is 3.29. The van der Waals surface area contributed by atoms with Crippen LogP contribution >= 0.6 is 0 Å². The van der Waals surface area contributed by atoms with E-state index in [2.05, 4.69) is 15.5 Å². The van der Waals surface area contributed by atoms with Gasteiger partial charge in [-0.05, 0) is 6.92 Å². The van der Waals surface area contributed by atoms with E-state index < -0.39 is 17.4 Å². The minimum atomic E-state index is -1.44. The Morgan fingerprint density at radius 2 is 2.14 bits per heavy atom. The molecule has 8 heteroatoms. The number of amides is 1. The van der Waals surface area contributed by atoms with Crippen molar-refractivity contribution in [3.63, 3.8) is 0 Å². The summed E-state index contributed by atoms with van der Waals surface area (Å²) in [7, 11) is 0. The topological polar surface area (TPSA) is 135 Å². The van der Waals surface area contributed by atoms with Crippen LogP contribution in [0.3, 0.4) is 0 Å². The highest BCUT2D eigenvalue weighted by Gasteiger charge is 2.32. The van der Waals surface area contributed by atoms with E-state index in [1.54, 1.807) is 6.92 Å². The van der Waals surface area contributed by atoms with Gasteiger partial charge in [0.25, 0.3) is 5.91 Å². The molecular weight excluding hydrogens is 290 g/mol. The van der Waals surface area contributed by atoms with Gasteiger partial charge in [0.05, 0.1) is 25.1 Å². The quantitative estimate of drug-likeness (QED) is 0.352. The molecule has 0 bridgehead atoms. The lowest BCUT2D eigenvalue weighted by Gasteiger charge is -2.26. The van der Waals surface area contributed by atoms with Gasteiger partial charge in [-0.1, -0.05) is 13.8 Å². The van der Waals surface area contributed by atoms with Crippen LogP contribution < -0.4 is 5.43 Å². The number of hydrazone groups is 1. The molecule has 5 N–H and O–H groups in total. The normalized spacial score (nSPS) is 13.4. The van der Waals surface area contributed by atoms with Crippen LogP contribution in [-0.4, -0.2) is 50.2 Å². The van der Waals surface area contributed by atoms with Gasteiger partial charge in [-0.25, -0.2) is 5.43 Å². The fourth-order valence-electron chi connectivity index (χ4n) is 1.59. The number of nitrogens with zero attached hydrogens (tertiary/aromatic N) is 2. The van der Waals surface area contributed by atoms with E-state index in [9.17, 15) is 20.1 Å². The van der Waals surface area contributed by atoms with Gasteiger partial charge in [-0.15, -0.1) is 0 Å². The van der Waals surface area contributed by atoms with E-state index in [1.807, 2.05) is 0 Å². The Kier molecular flexibility index (Phi) is 5.98. The van der Waals surface area contributed by atoms with Gasteiger partial charge in [0, 0.05) is 22.7 Å². The van der Waals surface area contributed by atoms with Gasteiger partial charge in [0.2, 0.25) is 0 Å². The van der Waals surface area contributed by atoms with Crippen LogP contribution in [0.25, 0.3) is 0 Å². The first-order chi connectivity index (χ1) is 10.2. The lowest BCUT2D eigenvalue weighted by molar-refractivity contribution is -0.137. The predicted molar refractivity (Wildman–Crippen MR) is 79.2 cm³/mol. The number of nitrogens with one attached hydrogen (secondary N) is 1. The highest BCUT2D eigenvalue weighted by Crippen LogP contribution is 2.22. The van der Waals surface area contributed by atoms with Crippen molar-refractivity contribution in [3.05, 3.63) is 23.0 Å². The number of rotatable bonds is 6. The van der Waals surface area contributed by atoms with Crippen LogP contribution in [0.4, 0.5) is 0 Å². The average molecular weight is 311 g/mol. The fourth-order valence-corrected chi connectivity index (χ4v) is 1.59. The van der Waals surface area contributed by atoms with Gasteiger partial charge in [-0.3, -0.25) is 9.78 Å². The molecule has 0 aromatic carbocycles. The molecule has 1 atom stereocenters. The number of hydrogen-bond donors (Lipinski definition) is 5. The molecule has 122 valence electrons. The number of carbonyl (C=O) groups is 1. The van der Waals surface area contributed by atoms with Crippen LogP contribution in [0, 0.1) is 12.3 Å². The van der Waals surface area contributed by atoms with Crippen molar-refractivity contribution in [2.24, 2.45) is 10.5 Å². The largest absolute Gasteiger partial charge is 0.505 e.